The molecule has 0 spiro atoms. The molecule has 0 radical (unpaired) electrons. The molecular weight excluding hydrogens is 530 g/mol. The zero-order chi connectivity index (χ0) is 29.4. The van der Waals surface area contributed by atoms with E-state index < -0.39 is 11.6 Å². The van der Waals surface area contributed by atoms with Crippen LogP contribution in [0.3, 0.4) is 0 Å². The fraction of sp³-hybridized carbons (Fsp3) is 0.323. The van der Waals surface area contributed by atoms with Gasteiger partial charge in [0, 0.05) is 47.2 Å². The lowest BCUT2D eigenvalue weighted by molar-refractivity contribution is -0.126. The number of hydrogen-bond donors (Lipinski definition) is 2. The largest absolute Gasteiger partial charge is 0.508 e. The highest BCUT2D eigenvalue weighted by Gasteiger charge is 2.35. The normalized spacial score (nSPS) is 17.6. The molecule has 2 N–H and O–H groups in total. The number of carbonyl (C=O) groups is 1. The van der Waals surface area contributed by atoms with Crippen LogP contribution < -0.4 is 15.0 Å². The van der Waals surface area contributed by atoms with E-state index in [1.807, 2.05) is 13.8 Å². The van der Waals surface area contributed by atoms with Crippen molar-refractivity contribution >= 4 is 33.8 Å². The van der Waals surface area contributed by atoms with Crippen molar-refractivity contribution in [2.75, 3.05) is 32.2 Å². The zero-order valence-electron chi connectivity index (χ0n) is 23.2. The zero-order valence-corrected chi connectivity index (χ0v) is 23.2. The first-order valence-electron chi connectivity index (χ1n) is 13.2. The van der Waals surface area contributed by atoms with Gasteiger partial charge in [-0.3, -0.25) is 4.79 Å². The summed E-state index contributed by atoms with van der Waals surface area (Å²) in [7, 11) is 2.80. The number of aryl methyl sites for hydroxylation is 2. The first-order chi connectivity index (χ1) is 19.7. The molecule has 2 atom stereocenters. The molecule has 8 nitrogen and oxygen atoms in total. The Morgan fingerprint density at radius 2 is 1.78 bits per heavy atom. The molecule has 2 aromatic heterocycles. The van der Waals surface area contributed by atoms with Gasteiger partial charge in [-0.25, -0.2) is 18.7 Å². The van der Waals surface area contributed by atoms with E-state index in [1.54, 1.807) is 0 Å². The maximum Gasteiger partial charge on any atom is 0.292 e. The van der Waals surface area contributed by atoms with Gasteiger partial charge in [-0.15, -0.1) is 6.42 Å². The summed E-state index contributed by atoms with van der Waals surface area (Å²) < 4.78 is 40.9. The van der Waals surface area contributed by atoms with E-state index in [2.05, 4.69) is 25.9 Å². The Hall–Kier alpha value is -4.49. The van der Waals surface area contributed by atoms with Crippen LogP contribution in [0.25, 0.3) is 32.8 Å². The average molecular weight is 561 g/mol. The number of anilines is 1. The van der Waals surface area contributed by atoms with E-state index in [9.17, 15) is 9.50 Å². The summed E-state index contributed by atoms with van der Waals surface area (Å²) in [5.74, 6) is 1.90. The van der Waals surface area contributed by atoms with E-state index >= 15 is 4.39 Å². The molecule has 4 aromatic rings. The van der Waals surface area contributed by atoms with Gasteiger partial charge in [-0.05, 0) is 55.8 Å². The van der Waals surface area contributed by atoms with Gasteiger partial charge in [0.05, 0.1) is 25.2 Å². The van der Waals surface area contributed by atoms with E-state index in [1.165, 1.54) is 38.5 Å². The number of pyridine rings is 2. The number of benzene rings is 2. The molecule has 2 aliphatic heterocycles. The molecule has 10 heteroatoms. The topological polar surface area (TPSA) is 96.8 Å². The molecular formula is C31H30F2N4O4. The molecule has 2 bridgehead atoms. The fourth-order valence-corrected chi connectivity index (χ4v) is 5.86. The lowest BCUT2D eigenvalue weighted by atomic mass is 9.94. The van der Waals surface area contributed by atoms with Crippen LogP contribution in [0.15, 0.2) is 24.3 Å². The summed E-state index contributed by atoms with van der Waals surface area (Å²) in [5, 5.41) is 15.7. The van der Waals surface area contributed by atoms with Crippen molar-refractivity contribution < 1.29 is 28.2 Å². The van der Waals surface area contributed by atoms with Crippen molar-refractivity contribution in [3.05, 3.63) is 52.7 Å². The number of aromatic nitrogens is 2. The van der Waals surface area contributed by atoms with Gasteiger partial charge in [-0.2, -0.15) is 0 Å². The van der Waals surface area contributed by atoms with Crippen LogP contribution in [-0.2, 0) is 9.53 Å². The number of terminal acetylenes is 1. The predicted octanol–water partition coefficient (Wildman–Crippen LogP) is 4.77. The number of piperazine rings is 1. The molecule has 0 aliphatic carbocycles. The second-order valence-corrected chi connectivity index (χ2v) is 10.2. The summed E-state index contributed by atoms with van der Waals surface area (Å²) in [4.78, 5) is 20.6. The molecule has 0 amide bonds. The van der Waals surface area contributed by atoms with Gasteiger partial charge in [-0.1, -0.05) is 12.0 Å². The van der Waals surface area contributed by atoms with E-state index in [-0.39, 0.29) is 28.5 Å². The first kappa shape index (κ1) is 28.1. The van der Waals surface area contributed by atoms with Gasteiger partial charge >= 0.3 is 0 Å². The maximum atomic E-state index is 16.6. The minimum absolute atomic E-state index is 0.0209. The third kappa shape index (κ3) is 4.87. The number of methoxy groups -OCH3 is 2. The Morgan fingerprint density at radius 1 is 1.10 bits per heavy atom. The highest BCUT2D eigenvalue weighted by Crippen LogP contribution is 2.43. The molecule has 212 valence electrons. The van der Waals surface area contributed by atoms with Crippen LogP contribution in [0.1, 0.15) is 29.7 Å². The van der Waals surface area contributed by atoms with Crippen LogP contribution in [0.5, 0.6) is 11.6 Å². The van der Waals surface area contributed by atoms with Crippen molar-refractivity contribution in [3.63, 3.8) is 0 Å². The number of fused-ring (bicyclic) bond motifs is 4. The molecule has 41 heavy (non-hydrogen) atoms. The smallest absolute Gasteiger partial charge is 0.292 e. The summed E-state index contributed by atoms with van der Waals surface area (Å²) in [6, 6.07) is 6.27. The Balaban J connectivity index is 0.000000794. The number of nitrogens with one attached hydrogen (secondary N) is 1. The molecule has 2 saturated heterocycles. The summed E-state index contributed by atoms with van der Waals surface area (Å²) >= 11 is 0. The van der Waals surface area contributed by atoms with Crippen LogP contribution >= 0.6 is 0 Å². The minimum Gasteiger partial charge on any atom is -0.508 e. The highest BCUT2D eigenvalue weighted by molar-refractivity contribution is 6.05. The van der Waals surface area contributed by atoms with Gasteiger partial charge in [0.2, 0.25) is 5.88 Å². The highest BCUT2D eigenvalue weighted by atomic mass is 19.1. The Morgan fingerprint density at radius 3 is 2.39 bits per heavy atom. The SMILES string of the molecule is C#Cc1c(F)ccc2cc(O)cc(-c3nc(OC)c4c(N5CC6CCC(C5)N6)nc(C)c(C)c4c3F)c12.COC=O. The average Bonchev–Trinajstić information content (AvgIpc) is 3.31. The summed E-state index contributed by atoms with van der Waals surface area (Å²) in [6.45, 7) is 5.57. The molecule has 6 rings (SSSR count). The Labute approximate surface area is 236 Å². The van der Waals surface area contributed by atoms with Crippen molar-refractivity contribution in [2.24, 2.45) is 0 Å². The molecule has 2 fully saturated rings. The molecule has 2 aromatic carbocycles. The third-order valence-electron chi connectivity index (χ3n) is 7.78. The number of halogens is 2. The van der Waals surface area contributed by atoms with Crippen molar-refractivity contribution in [2.45, 2.75) is 38.8 Å². The van der Waals surface area contributed by atoms with Crippen LogP contribution in [0.2, 0.25) is 0 Å². The maximum absolute atomic E-state index is 16.6. The number of aromatic hydroxyl groups is 1. The number of rotatable bonds is 4. The van der Waals surface area contributed by atoms with Crippen LogP contribution in [0.4, 0.5) is 14.6 Å². The van der Waals surface area contributed by atoms with Crippen molar-refractivity contribution in [1.29, 1.82) is 0 Å². The monoisotopic (exact) mass is 560 g/mol. The lowest BCUT2D eigenvalue weighted by Gasteiger charge is -2.35. The number of ether oxygens (including phenoxy) is 2. The number of hydrogen-bond acceptors (Lipinski definition) is 8. The quantitative estimate of drug-likeness (QED) is 0.272. The molecule has 4 heterocycles. The van der Waals surface area contributed by atoms with Crippen molar-refractivity contribution in [1.82, 2.24) is 15.3 Å². The first-order valence-corrected chi connectivity index (χ1v) is 13.2. The Bertz CT molecular complexity index is 1710. The molecule has 2 aliphatic rings. The fourth-order valence-electron chi connectivity index (χ4n) is 5.86. The molecule has 0 saturated carbocycles. The number of phenolic OH excluding ortho intramolecular Hbond substituents is 1. The van der Waals surface area contributed by atoms with Gasteiger partial charge < -0.3 is 24.8 Å². The minimum atomic E-state index is -0.609. The lowest BCUT2D eigenvalue weighted by Crippen LogP contribution is -2.51. The van der Waals surface area contributed by atoms with Crippen LogP contribution in [0, 0.1) is 37.8 Å². The second-order valence-electron chi connectivity index (χ2n) is 10.2. The second kappa shape index (κ2) is 11.2. The van der Waals surface area contributed by atoms with Crippen LogP contribution in [-0.4, -0.2) is 60.9 Å². The third-order valence-corrected chi connectivity index (χ3v) is 7.78. The van der Waals surface area contributed by atoms with Gasteiger partial charge in [0.25, 0.3) is 6.47 Å². The van der Waals surface area contributed by atoms with Gasteiger partial charge in [0.15, 0.2) is 5.82 Å². The molecule has 2 unspecified atom stereocenters. The number of phenols is 1. The number of carbonyl (C=O) groups excluding carboxylic acids is 1. The summed E-state index contributed by atoms with van der Waals surface area (Å²) in [5.41, 5.74) is 1.45. The van der Waals surface area contributed by atoms with Crippen molar-refractivity contribution in [3.8, 4) is 35.2 Å². The van der Waals surface area contributed by atoms with E-state index in [0.717, 1.165) is 25.9 Å². The van der Waals surface area contributed by atoms with Gasteiger partial charge in [0.1, 0.15) is 23.1 Å². The standard InChI is InChI=1S/C29H26F2N4O2.C2H4O2/c1-5-20-22(30)9-6-16-10-19(36)11-21(24(16)20)27-26(31)23-14(2)15(3)32-28(25(23)29(34-27)37-4)35-12-17-7-8-18(13-35)33-17;1-4-2-3/h1,6,9-11,17-18,33,36H,7-8,12-13H2,2-4H3;2H,1H3. The predicted molar refractivity (Wildman–Crippen MR) is 153 cm³/mol. The van der Waals surface area contributed by atoms with E-state index in [0.29, 0.717) is 57.2 Å². The number of nitrogens with zero attached hydrogens (tertiary/aromatic N) is 3. The van der Waals surface area contributed by atoms with E-state index in [4.69, 9.17) is 20.9 Å². The Kier molecular flexibility index (Phi) is 7.65. The summed E-state index contributed by atoms with van der Waals surface area (Å²) in [6.07, 6.45) is 7.84.